The highest BCUT2D eigenvalue weighted by Crippen LogP contribution is 2.18. The highest BCUT2D eigenvalue weighted by molar-refractivity contribution is 5.78. The number of carbonyl (C=O) groups excluding carboxylic acids is 1. The molecule has 0 unspecified atom stereocenters. The van der Waals surface area contributed by atoms with Crippen LogP contribution in [0.5, 0.6) is 0 Å². The molecule has 1 amide bonds. The molecule has 0 atom stereocenters. The Morgan fingerprint density at radius 3 is 2.33 bits per heavy atom. The van der Waals surface area contributed by atoms with Crippen LogP contribution in [0.25, 0.3) is 0 Å². The van der Waals surface area contributed by atoms with Gasteiger partial charge < -0.3 is 5.32 Å². The van der Waals surface area contributed by atoms with E-state index in [4.69, 9.17) is 0 Å². The van der Waals surface area contributed by atoms with Gasteiger partial charge >= 0.3 is 0 Å². The number of hydrogen-bond acceptors (Lipinski definition) is 4. The smallest absolute Gasteiger partial charge is 0.269 e. The monoisotopic (exact) mass is 367 g/mol. The van der Waals surface area contributed by atoms with E-state index in [1.807, 2.05) is 6.07 Å². The Kier molecular flexibility index (Phi) is 6.54. The molecule has 1 aliphatic rings. The molecule has 6 heteroatoms. The molecule has 0 spiro atoms. The van der Waals surface area contributed by atoms with E-state index in [0.29, 0.717) is 12.5 Å². The Labute approximate surface area is 159 Å². The number of non-ortho nitro benzene ring substituents is 1. The number of piperidine rings is 1. The first kappa shape index (κ1) is 19.0. The minimum absolute atomic E-state index is 0.0319. The minimum Gasteiger partial charge on any atom is -0.356 e. The summed E-state index contributed by atoms with van der Waals surface area (Å²) in [4.78, 5) is 24.8. The lowest BCUT2D eigenvalue weighted by Gasteiger charge is -2.32. The van der Waals surface area contributed by atoms with Gasteiger partial charge in [0.2, 0.25) is 5.91 Å². The number of nitrogens with one attached hydrogen (secondary N) is 1. The number of nitrogens with zero attached hydrogens (tertiary/aromatic N) is 2. The first-order valence-electron chi connectivity index (χ1n) is 9.36. The van der Waals surface area contributed by atoms with E-state index in [1.54, 1.807) is 12.1 Å². The number of hydrogen-bond donors (Lipinski definition) is 1. The molecule has 0 aromatic heterocycles. The molecule has 1 aliphatic heterocycles. The van der Waals surface area contributed by atoms with Crippen molar-refractivity contribution in [3.05, 3.63) is 75.8 Å². The van der Waals surface area contributed by atoms with Gasteiger partial charge in [-0.05, 0) is 43.0 Å². The number of rotatable bonds is 7. The fraction of sp³-hybridized carbons (Fsp3) is 0.381. The Hall–Kier alpha value is -2.73. The molecule has 0 bridgehead atoms. The van der Waals surface area contributed by atoms with Crippen molar-refractivity contribution >= 4 is 11.6 Å². The van der Waals surface area contributed by atoms with Gasteiger partial charge in [0.15, 0.2) is 0 Å². The second-order valence-electron chi connectivity index (χ2n) is 7.11. The Balaban J connectivity index is 1.37. The molecule has 0 radical (unpaired) electrons. The Morgan fingerprint density at radius 2 is 1.70 bits per heavy atom. The van der Waals surface area contributed by atoms with E-state index in [1.165, 1.54) is 17.7 Å². The lowest BCUT2D eigenvalue weighted by atomic mass is 9.96. The Morgan fingerprint density at radius 1 is 1.04 bits per heavy atom. The number of nitro groups is 1. The largest absolute Gasteiger partial charge is 0.356 e. The molecule has 1 heterocycles. The van der Waals surface area contributed by atoms with Crippen molar-refractivity contribution in [3.63, 3.8) is 0 Å². The molecule has 1 saturated heterocycles. The summed E-state index contributed by atoms with van der Waals surface area (Å²) in [5, 5.41) is 13.7. The van der Waals surface area contributed by atoms with Gasteiger partial charge in [0.25, 0.3) is 5.69 Å². The van der Waals surface area contributed by atoms with Crippen LogP contribution in [0.1, 0.15) is 24.0 Å². The molecule has 3 rings (SSSR count). The normalized spacial score (nSPS) is 15.4. The first-order valence-corrected chi connectivity index (χ1v) is 9.36. The number of benzene rings is 2. The van der Waals surface area contributed by atoms with Crippen LogP contribution in [0.2, 0.25) is 0 Å². The van der Waals surface area contributed by atoms with Crippen LogP contribution >= 0.6 is 0 Å². The third-order valence-corrected chi connectivity index (χ3v) is 5.06. The minimum atomic E-state index is -0.436. The van der Waals surface area contributed by atoms with E-state index >= 15 is 0 Å². The first-order chi connectivity index (χ1) is 13.1. The van der Waals surface area contributed by atoms with Crippen LogP contribution in [0, 0.1) is 16.0 Å². The summed E-state index contributed by atoms with van der Waals surface area (Å²) in [5.74, 6) is 0.480. The molecular formula is C21H25N3O3. The Bertz CT molecular complexity index is 754. The summed E-state index contributed by atoms with van der Waals surface area (Å²) >= 11 is 0. The van der Waals surface area contributed by atoms with Gasteiger partial charge in [0.1, 0.15) is 0 Å². The summed E-state index contributed by atoms with van der Waals surface area (Å²) in [6.45, 7) is 3.79. The predicted molar refractivity (Wildman–Crippen MR) is 104 cm³/mol. The highest BCUT2D eigenvalue weighted by Gasteiger charge is 2.19. The molecule has 0 saturated carbocycles. The van der Waals surface area contributed by atoms with Crippen LogP contribution in [0.15, 0.2) is 54.6 Å². The average molecular weight is 367 g/mol. The molecule has 0 aliphatic carbocycles. The lowest BCUT2D eigenvalue weighted by Crippen LogP contribution is -2.38. The number of carbonyl (C=O) groups is 1. The molecule has 142 valence electrons. The maximum atomic E-state index is 12.1. The molecule has 6 nitrogen and oxygen atoms in total. The van der Waals surface area contributed by atoms with Gasteiger partial charge in [-0.15, -0.1) is 0 Å². The summed E-state index contributed by atoms with van der Waals surface area (Å²) in [6.07, 6.45) is 2.43. The van der Waals surface area contributed by atoms with Crippen molar-refractivity contribution in [2.24, 2.45) is 5.92 Å². The van der Waals surface area contributed by atoms with Gasteiger partial charge in [-0.2, -0.15) is 0 Å². The third-order valence-electron chi connectivity index (χ3n) is 5.06. The van der Waals surface area contributed by atoms with Crippen molar-refractivity contribution in [1.29, 1.82) is 0 Å². The zero-order chi connectivity index (χ0) is 19.1. The summed E-state index contributed by atoms with van der Waals surface area (Å²) < 4.78 is 0. The van der Waals surface area contributed by atoms with Crippen LogP contribution < -0.4 is 5.32 Å². The molecule has 2 aromatic rings. The second-order valence-corrected chi connectivity index (χ2v) is 7.11. The number of amides is 1. The van der Waals surface area contributed by atoms with E-state index in [9.17, 15) is 14.9 Å². The molecule has 1 fully saturated rings. The van der Waals surface area contributed by atoms with Crippen LogP contribution in [0.3, 0.4) is 0 Å². The molecule has 2 aromatic carbocycles. The van der Waals surface area contributed by atoms with Crippen molar-refractivity contribution < 1.29 is 9.72 Å². The number of nitro benzene ring substituents is 1. The SMILES string of the molecule is O=C(Cc1ccc([N+](=O)[O-])cc1)NCC1CCN(Cc2ccccc2)CC1. The maximum Gasteiger partial charge on any atom is 0.269 e. The molecule has 1 N–H and O–H groups in total. The van der Waals surface area contributed by atoms with Gasteiger partial charge in [0, 0.05) is 25.2 Å². The van der Waals surface area contributed by atoms with Gasteiger partial charge in [-0.3, -0.25) is 19.8 Å². The third kappa shape index (κ3) is 5.89. The standard InChI is InChI=1S/C21H25N3O3/c25-21(14-17-6-8-20(9-7-17)24(26)27)22-15-18-10-12-23(13-11-18)16-19-4-2-1-3-5-19/h1-9,18H,10-16H2,(H,22,25). The van der Waals surface area contributed by atoms with E-state index in [0.717, 1.165) is 38.0 Å². The second kappa shape index (κ2) is 9.28. The van der Waals surface area contributed by atoms with Gasteiger partial charge in [-0.25, -0.2) is 0 Å². The fourth-order valence-corrected chi connectivity index (χ4v) is 3.43. The maximum absolute atomic E-state index is 12.1. The summed E-state index contributed by atoms with van der Waals surface area (Å²) in [5.41, 5.74) is 2.17. The zero-order valence-electron chi connectivity index (χ0n) is 15.3. The average Bonchev–Trinajstić information content (AvgIpc) is 2.69. The van der Waals surface area contributed by atoms with Gasteiger partial charge in [-0.1, -0.05) is 42.5 Å². The summed E-state index contributed by atoms with van der Waals surface area (Å²) in [7, 11) is 0. The summed E-state index contributed by atoms with van der Waals surface area (Å²) in [6, 6.07) is 16.6. The van der Waals surface area contributed by atoms with Crippen LogP contribution in [-0.2, 0) is 17.8 Å². The van der Waals surface area contributed by atoms with Crippen molar-refractivity contribution in [2.75, 3.05) is 19.6 Å². The number of likely N-dealkylation sites (tertiary alicyclic amines) is 1. The van der Waals surface area contributed by atoms with Crippen molar-refractivity contribution in [2.45, 2.75) is 25.8 Å². The van der Waals surface area contributed by atoms with Crippen LogP contribution in [-0.4, -0.2) is 35.4 Å². The van der Waals surface area contributed by atoms with Gasteiger partial charge in [0.05, 0.1) is 11.3 Å². The van der Waals surface area contributed by atoms with E-state index < -0.39 is 4.92 Å². The van der Waals surface area contributed by atoms with Crippen molar-refractivity contribution in [1.82, 2.24) is 10.2 Å². The molecule has 27 heavy (non-hydrogen) atoms. The topological polar surface area (TPSA) is 75.5 Å². The van der Waals surface area contributed by atoms with E-state index in [2.05, 4.69) is 34.5 Å². The van der Waals surface area contributed by atoms with Crippen LogP contribution in [0.4, 0.5) is 5.69 Å². The zero-order valence-corrected chi connectivity index (χ0v) is 15.3. The lowest BCUT2D eigenvalue weighted by molar-refractivity contribution is -0.384. The molecular weight excluding hydrogens is 342 g/mol. The van der Waals surface area contributed by atoms with E-state index in [-0.39, 0.29) is 18.0 Å². The fourth-order valence-electron chi connectivity index (χ4n) is 3.43. The predicted octanol–water partition coefficient (Wildman–Crippen LogP) is 3.17. The quantitative estimate of drug-likeness (QED) is 0.602. The van der Waals surface area contributed by atoms with Crippen molar-refractivity contribution in [3.8, 4) is 0 Å². The highest BCUT2D eigenvalue weighted by atomic mass is 16.6.